The Hall–Kier alpha value is -0.650. The van der Waals surface area contributed by atoms with Gasteiger partial charge in [-0.15, -0.1) is 0 Å². The molecule has 0 amide bonds. The van der Waals surface area contributed by atoms with Crippen molar-refractivity contribution in [1.29, 1.82) is 0 Å². The van der Waals surface area contributed by atoms with Crippen molar-refractivity contribution in [3.8, 4) is 0 Å². The molecule has 0 unspecified atom stereocenters. The van der Waals surface area contributed by atoms with Crippen molar-refractivity contribution >= 4 is 21.4 Å². The van der Waals surface area contributed by atoms with Crippen LogP contribution in [0, 0.1) is 0 Å². The molecule has 78 valence electrons. The highest BCUT2D eigenvalue weighted by Gasteiger charge is 2.12. The van der Waals surface area contributed by atoms with Gasteiger partial charge in [0.05, 0.1) is 16.5 Å². The van der Waals surface area contributed by atoms with Crippen LogP contribution in [0.2, 0.25) is 5.02 Å². The minimum atomic E-state index is -3.14. The first-order valence-corrected chi connectivity index (χ1v) is 6.24. The third-order valence-electron chi connectivity index (χ3n) is 1.66. The van der Waals surface area contributed by atoms with Crippen LogP contribution in [0.1, 0.15) is 5.56 Å². The Morgan fingerprint density at radius 3 is 2.79 bits per heavy atom. The second-order valence-corrected chi connectivity index (χ2v) is 5.44. The lowest BCUT2D eigenvalue weighted by atomic mass is 10.3. The molecule has 4 nitrogen and oxygen atoms in total. The van der Waals surface area contributed by atoms with Gasteiger partial charge in [0.15, 0.2) is 9.84 Å². The van der Waals surface area contributed by atoms with Crippen LogP contribution >= 0.6 is 11.6 Å². The molecule has 1 aromatic heterocycles. The second kappa shape index (κ2) is 4.72. The second-order valence-electron chi connectivity index (χ2n) is 2.85. The summed E-state index contributed by atoms with van der Waals surface area (Å²) < 4.78 is 22.8. The predicted molar refractivity (Wildman–Crippen MR) is 55.8 cm³/mol. The van der Waals surface area contributed by atoms with Gasteiger partial charge in [-0.25, -0.2) is 8.42 Å². The number of hydrogen-bond donors (Lipinski definition) is 1. The number of aromatic nitrogens is 1. The molecule has 2 N–H and O–H groups in total. The average Bonchev–Trinajstić information content (AvgIpc) is 2.08. The molecule has 1 heterocycles. The molecule has 14 heavy (non-hydrogen) atoms. The Morgan fingerprint density at radius 2 is 2.21 bits per heavy atom. The van der Waals surface area contributed by atoms with Crippen molar-refractivity contribution in [2.75, 3.05) is 12.3 Å². The summed E-state index contributed by atoms with van der Waals surface area (Å²) in [6.45, 7) is 0.130. The third kappa shape index (κ3) is 3.25. The Bertz CT molecular complexity index is 406. The lowest BCUT2D eigenvalue weighted by Crippen LogP contribution is -2.17. The number of pyridine rings is 1. The van der Waals surface area contributed by atoms with Gasteiger partial charge in [-0.2, -0.15) is 0 Å². The normalized spacial score (nSPS) is 11.6. The molecule has 0 aromatic carbocycles. The fourth-order valence-corrected chi connectivity index (χ4v) is 2.50. The smallest absolute Gasteiger partial charge is 0.155 e. The van der Waals surface area contributed by atoms with Crippen LogP contribution in [0.3, 0.4) is 0 Å². The van der Waals surface area contributed by atoms with Crippen LogP contribution in [0.5, 0.6) is 0 Å². The van der Waals surface area contributed by atoms with Crippen LogP contribution in [0.25, 0.3) is 0 Å². The fraction of sp³-hybridized carbons (Fsp3) is 0.375. The number of nitrogens with zero attached hydrogens (tertiary/aromatic N) is 1. The third-order valence-corrected chi connectivity index (χ3v) is 3.61. The molecule has 0 spiro atoms. The van der Waals surface area contributed by atoms with E-state index in [2.05, 4.69) is 4.98 Å². The summed E-state index contributed by atoms with van der Waals surface area (Å²) in [4.78, 5) is 3.77. The van der Waals surface area contributed by atoms with Gasteiger partial charge in [0.25, 0.3) is 0 Å². The first-order chi connectivity index (χ1) is 6.55. The molecule has 0 bridgehead atoms. The predicted octanol–water partition coefficient (Wildman–Crippen LogP) is 0.608. The summed E-state index contributed by atoms with van der Waals surface area (Å²) in [5, 5.41) is 0.369. The molecular weight excluding hydrogens is 224 g/mol. The highest BCUT2D eigenvalue weighted by atomic mass is 35.5. The molecule has 0 aliphatic carbocycles. The van der Waals surface area contributed by atoms with E-state index in [0.29, 0.717) is 10.6 Å². The van der Waals surface area contributed by atoms with Gasteiger partial charge in [-0.1, -0.05) is 11.6 Å². The van der Waals surface area contributed by atoms with Crippen molar-refractivity contribution in [3.63, 3.8) is 0 Å². The maximum atomic E-state index is 11.4. The van der Waals surface area contributed by atoms with Crippen molar-refractivity contribution in [3.05, 3.63) is 29.0 Å². The van der Waals surface area contributed by atoms with Gasteiger partial charge in [0, 0.05) is 18.9 Å². The van der Waals surface area contributed by atoms with Gasteiger partial charge in [-0.05, 0) is 11.6 Å². The molecule has 0 aliphatic heterocycles. The molecule has 0 saturated heterocycles. The van der Waals surface area contributed by atoms with Crippen molar-refractivity contribution < 1.29 is 8.42 Å². The summed E-state index contributed by atoms with van der Waals surface area (Å²) >= 11 is 5.77. The largest absolute Gasteiger partial charge is 0.329 e. The average molecular weight is 235 g/mol. The van der Waals surface area contributed by atoms with Crippen molar-refractivity contribution in [2.45, 2.75) is 5.75 Å². The van der Waals surface area contributed by atoms with E-state index in [1.807, 2.05) is 0 Å². The number of halogens is 1. The Morgan fingerprint density at radius 1 is 1.50 bits per heavy atom. The van der Waals surface area contributed by atoms with E-state index in [9.17, 15) is 8.42 Å². The molecule has 1 rings (SSSR count). The minimum Gasteiger partial charge on any atom is -0.329 e. The van der Waals surface area contributed by atoms with Crippen LogP contribution in [-0.2, 0) is 15.6 Å². The minimum absolute atomic E-state index is 0.0222. The van der Waals surface area contributed by atoms with E-state index in [1.165, 1.54) is 12.4 Å². The van der Waals surface area contributed by atoms with E-state index in [4.69, 9.17) is 17.3 Å². The molecule has 1 aromatic rings. The SMILES string of the molecule is NCCS(=O)(=O)Cc1ccncc1Cl. The molecule has 0 atom stereocenters. The van der Waals surface area contributed by atoms with Gasteiger partial charge in [0.2, 0.25) is 0 Å². The van der Waals surface area contributed by atoms with Crippen molar-refractivity contribution in [1.82, 2.24) is 4.98 Å². The molecule has 6 heteroatoms. The van der Waals surface area contributed by atoms with Gasteiger partial charge in [-0.3, -0.25) is 4.98 Å². The Balaban J connectivity index is 2.84. The van der Waals surface area contributed by atoms with E-state index < -0.39 is 9.84 Å². The van der Waals surface area contributed by atoms with Crippen LogP contribution in [0.4, 0.5) is 0 Å². The van der Waals surface area contributed by atoms with Crippen LogP contribution < -0.4 is 5.73 Å². The molecule has 0 radical (unpaired) electrons. The Labute approximate surface area is 88.0 Å². The highest BCUT2D eigenvalue weighted by molar-refractivity contribution is 7.90. The van der Waals surface area contributed by atoms with Gasteiger partial charge < -0.3 is 5.73 Å². The zero-order chi connectivity index (χ0) is 10.6. The van der Waals surface area contributed by atoms with E-state index >= 15 is 0 Å². The summed E-state index contributed by atoms with van der Waals surface area (Å²) in [6, 6.07) is 1.59. The lowest BCUT2D eigenvalue weighted by Gasteiger charge is -2.03. The van der Waals surface area contributed by atoms with Crippen LogP contribution in [0.15, 0.2) is 18.5 Å². The summed E-state index contributed by atoms with van der Waals surface area (Å²) in [5.41, 5.74) is 5.75. The Kier molecular flexibility index (Phi) is 3.86. The first kappa shape index (κ1) is 11.4. The maximum Gasteiger partial charge on any atom is 0.155 e. The topological polar surface area (TPSA) is 73.1 Å². The van der Waals surface area contributed by atoms with Gasteiger partial charge in [0.1, 0.15) is 0 Å². The maximum absolute atomic E-state index is 11.4. The summed E-state index contributed by atoms with van der Waals surface area (Å²) in [5.74, 6) is -0.1000. The fourth-order valence-electron chi connectivity index (χ4n) is 1.01. The van der Waals surface area contributed by atoms with Crippen LogP contribution in [-0.4, -0.2) is 25.7 Å². The number of sulfone groups is 1. The monoisotopic (exact) mass is 234 g/mol. The quantitative estimate of drug-likeness (QED) is 0.829. The molecule has 0 fully saturated rings. The van der Waals surface area contributed by atoms with E-state index in [1.54, 1.807) is 6.07 Å². The standard InChI is InChI=1S/C8H11ClN2O2S/c9-8-5-11-3-1-7(8)6-14(12,13)4-2-10/h1,3,5H,2,4,6,10H2. The highest BCUT2D eigenvalue weighted by Crippen LogP contribution is 2.16. The lowest BCUT2D eigenvalue weighted by molar-refractivity contribution is 0.595. The number of hydrogen-bond acceptors (Lipinski definition) is 4. The van der Waals surface area contributed by atoms with Crippen molar-refractivity contribution in [2.24, 2.45) is 5.73 Å². The number of nitrogens with two attached hydrogens (primary N) is 1. The molecule has 0 saturated carbocycles. The molecule has 0 aliphatic rings. The van der Waals surface area contributed by atoms with E-state index in [-0.39, 0.29) is 18.1 Å². The van der Waals surface area contributed by atoms with E-state index in [0.717, 1.165) is 0 Å². The summed E-state index contributed by atoms with van der Waals surface area (Å²) in [7, 11) is -3.14. The zero-order valence-electron chi connectivity index (χ0n) is 7.48. The van der Waals surface area contributed by atoms with Gasteiger partial charge >= 0.3 is 0 Å². The first-order valence-electron chi connectivity index (χ1n) is 4.04. The molecular formula is C8H11ClN2O2S. The zero-order valence-corrected chi connectivity index (χ0v) is 9.05. The summed E-state index contributed by atoms with van der Waals surface area (Å²) in [6.07, 6.45) is 2.94. The number of rotatable bonds is 4.